The molecule has 0 aromatic carbocycles. The highest BCUT2D eigenvalue weighted by Gasteiger charge is 2.17. The summed E-state index contributed by atoms with van der Waals surface area (Å²) in [7, 11) is 0. The van der Waals surface area contributed by atoms with Crippen LogP contribution in [0.1, 0.15) is 36.2 Å². The summed E-state index contributed by atoms with van der Waals surface area (Å²) in [6, 6.07) is 5.35. The van der Waals surface area contributed by atoms with Crippen molar-refractivity contribution in [3.05, 3.63) is 28.5 Å². The van der Waals surface area contributed by atoms with E-state index in [0.29, 0.717) is 10.3 Å². The normalized spacial score (nSPS) is 15.6. The summed E-state index contributed by atoms with van der Waals surface area (Å²) in [6.07, 6.45) is 5.10. The number of hydrogen-bond donors (Lipinski definition) is 1. The number of amides is 1. The molecule has 16 heavy (non-hydrogen) atoms. The molecule has 0 unspecified atom stereocenters. The molecule has 3 nitrogen and oxygen atoms in total. The van der Waals surface area contributed by atoms with E-state index >= 15 is 0 Å². The molecule has 2 rings (SSSR count). The third-order valence-electron chi connectivity index (χ3n) is 3.01. The van der Waals surface area contributed by atoms with Crippen molar-refractivity contribution in [1.82, 2.24) is 10.3 Å². The standard InChI is InChI=1S/C12H15BrN2O/c13-11-6-2-5-10(15-11)12(16)14-8-7-9-3-1-4-9/h2,5-6,9H,1,3-4,7-8H2,(H,14,16). The molecule has 1 aromatic rings. The first-order valence-electron chi connectivity index (χ1n) is 5.66. The Morgan fingerprint density at radius 2 is 2.31 bits per heavy atom. The maximum atomic E-state index is 11.7. The van der Waals surface area contributed by atoms with E-state index in [1.54, 1.807) is 6.07 Å². The van der Waals surface area contributed by atoms with Crippen LogP contribution in [0.2, 0.25) is 0 Å². The minimum atomic E-state index is -0.0828. The fourth-order valence-corrected chi connectivity index (χ4v) is 2.14. The number of hydrogen-bond acceptors (Lipinski definition) is 2. The van der Waals surface area contributed by atoms with Crippen LogP contribution in [0, 0.1) is 5.92 Å². The molecule has 1 amide bonds. The Kier molecular flexibility index (Phi) is 3.93. The van der Waals surface area contributed by atoms with Crippen molar-refractivity contribution >= 4 is 21.8 Å². The Morgan fingerprint density at radius 3 is 2.94 bits per heavy atom. The molecule has 0 saturated heterocycles. The zero-order chi connectivity index (χ0) is 11.4. The van der Waals surface area contributed by atoms with Gasteiger partial charge in [0.15, 0.2) is 0 Å². The van der Waals surface area contributed by atoms with Crippen molar-refractivity contribution in [2.24, 2.45) is 5.92 Å². The fraction of sp³-hybridized carbons (Fsp3) is 0.500. The summed E-state index contributed by atoms with van der Waals surface area (Å²) in [5.41, 5.74) is 0.475. The Balaban J connectivity index is 1.78. The van der Waals surface area contributed by atoms with Gasteiger partial charge in [0.2, 0.25) is 0 Å². The lowest BCUT2D eigenvalue weighted by Gasteiger charge is -2.25. The monoisotopic (exact) mass is 282 g/mol. The first kappa shape index (κ1) is 11.6. The zero-order valence-electron chi connectivity index (χ0n) is 9.08. The second-order valence-corrected chi connectivity index (χ2v) is 5.00. The van der Waals surface area contributed by atoms with Crippen molar-refractivity contribution in [3.63, 3.8) is 0 Å². The zero-order valence-corrected chi connectivity index (χ0v) is 10.7. The van der Waals surface area contributed by atoms with E-state index in [-0.39, 0.29) is 5.91 Å². The SMILES string of the molecule is O=C(NCCC1CCC1)c1cccc(Br)n1. The van der Waals surface area contributed by atoms with Crippen molar-refractivity contribution in [2.45, 2.75) is 25.7 Å². The van der Waals surface area contributed by atoms with E-state index in [2.05, 4.69) is 26.2 Å². The topological polar surface area (TPSA) is 42.0 Å². The van der Waals surface area contributed by atoms with Crippen LogP contribution in [0.5, 0.6) is 0 Å². The Morgan fingerprint density at radius 1 is 1.50 bits per heavy atom. The van der Waals surface area contributed by atoms with Crippen molar-refractivity contribution in [1.29, 1.82) is 0 Å². The van der Waals surface area contributed by atoms with Gasteiger partial charge < -0.3 is 5.32 Å². The molecular weight excluding hydrogens is 268 g/mol. The number of halogens is 1. The van der Waals surface area contributed by atoms with Crippen molar-refractivity contribution in [3.8, 4) is 0 Å². The molecule has 0 spiro atoms. The Hall–Kier alpha value is -0.900. The van der Waals surface area contributed by atoms with Crippen LogP contribution in [-0.2, 0) is 0 Å². The van der Waals surface area contributed by atoms with Crippen LogP contribution >= 0.6 is 15.9 Å². The molecular formula is C12H15BrN2O. The second-order valence-electron chi connectivity index (χ2n) is 4.19. The molecule has 1 aliphatic carbocycles. The van der Waals surface area contributed by atoms with Gasteiger partial charge in [0.05, 0.1) is 0 Å². The third kappa shape index (κ3) is 3.04. The average molecular weight is 283 g/mol. The quantitative estimate of drug-likeness (QED) is 0.863. The summed E-state index contributed by atoms with van der Waals surface area (Å²) in [5, 5.41) is 2.90. The van der Waals surface area contributed by atoms with Gasteiger partial charge in [-0.15, -0.1) is 0 Å². The van der Waals surface area contributed by atoms with E-state index in [4.69, 9.17) is 0 Å². The van der Waals surface area contributed by atoms with Crippen LogP contribution in [0.3, 0.4) is 0 Å². The molecule has 1 aliphatic rings. The van der Waals surface area contributed by atoms with E-state index in [1.807, 2.05) is 12.1 Å². The van der Waals surface area contributed by atoms with Gasteiger partial charge in [-0.1, -0.05) is 25.3 Å². The van der Waals surface area contributed by atoms with Gasteiger partial charge in [0, 0.05) is 6.54 Å². The number of aromatic nitrogens is 1. The summed E-state index contributed by atoms with van der Waals surface area (Å²) in [5.74, 6) is 0.747. The fourth-order valence-electron chi connectivity index (χ4n) is 1.80. The number of carbonyl (C=O) groups is 1. The highest BCUT2D eigenvalue weighted by molar-refractivity contribution is 9.10. The molecule has 1 saturated carbocycles. The number of rotatable bonds is 4. The lowest BCUT2D eigenvalue weighted by molar-refractivity contribution is 0.0944. The highest BCUT2D eigenvalue weighted by Crippen LogP contribution is 2.28. The van der Waals surface area contributed by atoms with Crippen LogP contribution in [0.15, 0.2) is 22.8 Å². The average Bonchev–Trinajstić information content (AvgIpc) is 2.21. The van der Waals surface area contributed by atoms with E-state index in [1.165, 1.54) is 19.3 Å². The molecule has 1 aromatic heterocycles. The molecule has 86 valence electrons. The summed E-state index contributed by atoms with van der Waals surface area (Å²) < 4.78 is 0.694. The van der Waals surface area contributed by atoms with Crippen LogP contribution in [0.25, 0.3) is 0 Å². The van der Waals surface area contributed by atoms with Gasteiger partial charge in [-0.3, -0.25) is 4.79 Å². The second kappa shape index (κ2) is 5.43. The number of nitrogens with one attached hydrogen (secondary N) is 1. The lowest BCUT2D eigenvalue weighted by atomic mass is 9.83. The molecule has 0 aliphatic heterocycles. The van der Waals surface area contributed by atoms with E-state index < -0.39 is 0 Å². The molecule has 0 radical (unpaired) electrons. The maximum Gasteiger partial charge on any atom is 0.269 e. The lowest BCUT2D eigenvalue weighted by Crippen LogP contribution is -2.28. The van der Waals surface area contributed by atoms with Gasteiger partial charge in [0.1, 0.15) is 10.3 Å². The predicted molar refractivity (Wildman–Crippen MR) is 66.2 cm³/mol. The minimum absolute atomic E-state index is 0.0828. The number of carbonyl (C=O) groups excluding carboxylic acids is 1. The third-order valence-corrected chi connectivity index (χ3v) is 3.45. The largest absolute Gasteiger partial charge is 0.351 e. The van der Waals surface area contributed by atoms with Crippen LogP contribution < -0.4 is 5.32 Å². The number of nitrogens with zero attached hydrogens (tertiary/aromatic N) is 1. The first-order valence-corrected chi connectivity index (χ1v) is 6.46. The Labute approximate surface area is 104 Å². The maximum absolute atomic E-state index is 11.7. The molecule has 4 heteroatoms. The highest BCUT2D eigenvalue weighted by atomic mass is 79.9. The Bertz CT molecular complexity index is 377. The molecule has 1 N–H and O–H groups in total. The molecule has 1 heterocycles. The van der Waals surface area contributed by atoms with Gasteiger partial charge in [-0.25, -0.2) is 4.98 Å². The molecule has 0 bridgehead atoms. The van der Waals surface area contributed by atoms with Crippen LogP contribution in [0.4, 0.5) is 0 Å². The molecule has 1 fully saturated rings. The van der Waals surface area contributed by atoms with Gasteiger partial charge >= 0.3 is 0 Å². The van der Waals surface area contributed by atoms with Gasteiger partial charge in [-0.05, 0) is 40.4 Å². The summed E-state index contributed by atoms with van der Waals surface area (Å²) >= 11 is 3.25. The van der Waals surface area contributed by atoms with Crippen molar-refractivity contribution in [2.75, 3.05) is 6.54 Å². The summed E-state index contributed by atoms with van der Waals surface area (Å²) in [6.45, 7) is 0.762. The van der Waals surface area contributed by atoms with E-state index in [0.717, 1.165) is 18.9 Å². The first-order chi connectivity index (χ1) is 7.75. The summed E-state index contributed by atoms with van der Waals surface area (Å²) in [4.78, 5) is 15.8. The van der Waals surface area contributed by atoms with Gasteiger partial charge in [-0.2, -0.15) is 0 Å². The van der Waals surface area contributed by atoms with E-state index in [9.17, 15) is 4.79 Å². The number of pyridine rings is 1. The predicted octanol–water partition coefficient (Wildman–Crippen LogP) is 2.76. The molecule has 0 atom stereocenters. The van der Waals surface area contributed by atoms with Crippen LogP contribution in [-0.4, -0.2) is 17.4 Å². The van der Waals surface area contributed by atoms with Gasteiger partial charge in [0.25, 0.3) is 5.91 Å². The smallest absolute Gasteiger partial charge is 0.269 e. The van der Waals surface area contributed by atoms with Crippen molar-refractivity contribution < 1.29 is 4.79 Å². The minimum Gasteiger partial charge on any atom is -0.351 e.